The Bertz CT molecular complexity index is 339. The lowest BCUT2D eigenvalue weighted by Crippen LogP contribution is -2.56. The minimum Gasteiger partial charge on any atom is -0.277 e. The molecule has 1 saturated heterocycles. The summed E-state index contributed by atoms with van der Waals surface area (Å²) < 4.78 is 0. The summed E-state index contributed by atoms with van der Waals surface area (Å²) in [6, 6.07) is -0.571. The Labute approximate surface area is 104 Å². The molecule has 94 valence electrons. The zero-order valence-electron chi connectivity index (χ0n) is 9.77. The quantitative estimate of drug-likeness (QED) is 0.769. The van der Waals surface area contributed by atoms with E-state index in [-0.39, 0.29) is 18.4 Å². The molecule has 0 spiro atoms. The van der Waals surface area contributed by atoms with E-state index < -0.39 is 11.9 Å². The molecule has 2 atom stereocenters. The molecule has 2 fully saturated rings. The molecule has 5 nitrogen and oxygen atoms in total. The number of nitrogens with one attached hydrogen (secondary N) is 1. The van der Waals surface area contributed by atoms with Crippen molar-refractivity contribution < 1.29 is 14.4 Å². The predicted molar refractivity (Wildman–Crippen MR) is 64.6 cm³/mol. The molecule has 6 heteroatoms. The molecule has 4 amide bonds. The van der Waals surface area contributed by atoms with Crippen molar-refractivity contribution in [2.45, 2.75) is 43.9 Å². The monoisotopic (exact) mass is 256 g/mol. The molecule has 0 bridgehead atoms. The van der Waals surface area contributed by atoms with Crippen LogP contribution in [0, 0.1) is 0 Å². The number of carbonyl (C=O) groups excluding carboxylic acids is 3. The fourth-order valence-electron chi connectivity index (χ4n) is 2.47. The number of carbonyl (C=O) groups is 3. The molecule has 0 aromatic heterocycles. The van der Waals surface area contributed by atoms with Gasteiger partial charge in [0, 0.05) is 11.3 Å². The van der Waals surface area contributed by atoms with Gasteiger partial charge in [-0.25, -0.2) is 4.79 Å². The first-order chi connectivity index (χ1) is 8.11. The lowest BCUT2D eigenvalue weighted by molar-refractivity contribution is -0.137. The molecule has 17 heavy (non-hydrogen) atoms. The number of barbiturate groups is 1. The van der Waals surface area contributed by atoms with Gasteiger partial charge in [-0.1, -0.05) is 6.92 Å². The van der Waals surface area contributed by atoms with Gasteiger partial charge in [0.25, 0.3) is 0 Å². The number of imide groups is 2. The van der Waals surface area contributed by atoms with Crippen LogP contribution >= 0.6 is 11.8 Å². The third-order valence-electron chi connectivity index (χ3n) is 3.17. The summed E-state index contributed by atoms with van der Waals surface area (Å²) in [5, 5.41) is 2.73. The largest absolute Gasteiger partial charge is 0.331 e. The summed E-state index contributed by atoms with van der Waals surface area (Å²) in [4.78, 5) is 35.6. The summed E-state index contributed by atoms with van der Waals surface area (Å²) in [7, 11) is 0. The minimum atomic E-state index is -0.543. The van der Waals surface area contributed by atoms with E-state index in [1.54, 1.807) is 0 Å². The van der Waals surface area contributed by atoms with Crippen molar-refractivity contribution in [3.8, 4) is 0 Å². The van der Waals surface area contributed by atoms with Crippen LogP contribution in [0.5, 0.6) is 0 Å². The van der Waals surface area contributed by atoms with Crippen LogP contribution in [0.3, 0.4) is 0 Å². The van der Waals surface area contributed by atoms with Crippen LogP contribution in [0.4, 0.5) is 4.79 Å². The number of amides is 4. The van der Waals surface area contributed by atoms with Crippen LogP contribution in [0.1, 0.15) is 32.6 Å². The predicted octanol–water partition coefficient (Wildman–Crippen LogP) is 1.13. The molecule has 1 aliphatic heterocycles. The van der Waals surface area contributed by atoms with Crippen LogP contribution < -0.4 is 5.32 Å². The van der Waals surface area contributed by atoms with Crippen LogP contribution in [-0.4, -0.2) is 39.8 Å². The van der Waals surface area contributed by atoms with Crippen molar-refractivity contribution >= 4 is 29.6 Å². The second-order valence-corrected chi connectivity index (χ2v) is 5.92. The Kier molecular flexibility index (Phi) is 3.71. The summed E-state index contributed by atoms with van der Waals surface area (Å²) in [6.07, 6.45) is 2.54. The van der Waals surface area contributed by atoms with Gasteiger partial charge in [-0.2, -0.15) is 11.8 Å². The standard InChI is InChI=1S/C11H16N2O3S/c1-2-17-8-4-3-7(5-8)13-10(15)6-9(14)12-11(13)16/h7-8H,2-6H2,1H3,(H,12,14,16). The number of hydrogen-bond acceptors (Lipinski definition) is 4. The first kappa shape index (κ1) is 12.4. The highest BCUT2D eigenvalue weighted by molar-refractivity contribution is 7.99. The van der Waals surface area contributed by atoms with E-state index in [9.17, 15) is 14.4 Å². The average molecular weight is 256 g/mol. The first-order valence-electron chi connectivity index (χ1n) is 5.89. The van der Waals surface area contributed by atoms with E-state index in [1.807, 2.05) is 11.8 Å². The van der Waals surface area contributed by atoms with E-state index in [1.165, 1.54) is 4.90 Å². The normalized spacial score (nSPS) is 29.7. The van der Waals surface area contributed by atoms with Gasteiger partial charge in [0.05, 0.1) is 0 Å². The molecular weight excluding hydrogens is 240 g/mol. The third-order valence-corrected chi connectivity index (χ3v) is 4.40. The Morgan fingerprint density at radius 3 is 2.76 bits per heavy atom. The van der Waals surface area contributed by atoms with Gasteiger partial charge in [0.1, 0.15) is 6.42 Å². The van der Waals surface area contributed by atoms with Gasteiger partial charge in [0.2, 0.25) is 11.8 Å². The molecule has 0 radical (unpaired) electrons. The fourth-order valence-corrected chi connectivity index (χ4v) is 3.60. The summed E-state index contributed by atoms with van der Waals surface area (Å²) >= 11 is 1.87. The fraction of sp³-hybridized carbons (Fsp3) is 0.727. The zero-order valence-corrected chi connectivity index (χ0v) is 10.6. The lowest BCUT2D eigenvalue weighted by Gasteiger charge is -2.30. The maximum Gasteiger partial charge on any atom is 0.331 e. The highest BCUT2D eigenvalue weighted by atomic mass is 32.2. The van der Waals surface area contributed by atoms with Crippen LogP contribution in [0.25, 0.3) is 0 Å². The van der Waals surface area contributed by atoms with Crippen molar-refractivity contribution in [3.63, 3.8) is 0 Å². The van der Waals surface area contributed by atoms with E-state index in [2.05, 4.69) is 12.2 Å². The Morgan fingerprint density at radius 2 is 2.12 bits per heavy atom. The SMILES string of the molecule is CCSC1CCC(N2C(=O)CC(=O)NC2=O)C1. The Morgan fingerprint density at radius 1 is 1.35 bits per heavy atom. The number of rotatable bonds is 3. The Balaban J connectivity index is 2.00. The number of hydrogen-bond donors (Lipinski definition) is 1. The van der Waals surface area contributed by atoms with Crippen LogP contribution in [0.2, 0.25) is 0 Å². The number of thioether (sulfide) groups is 1. The summed E-state index contributed by atoms with van der Waals surface area (Å²) in [5.41, 5.74) is 0. The molecule has 0 aromatic rings. The average Bonchev–Trinajstić information content (AvgIpc) is 2.65. The lowest BCUT2D eigenvalue weighted by atomic mass is 10.2. The van der Waals surface area contributed by atoms with Crippen molar-refractivity contribution in [1.82, 2.24) is 10.2 Å². The number of nitrogens with zero attached hydrogens (tertiary/aromatic N) is 1. The third kappa shape index (κ3) is 2.62. The smallest absolute Gasteiger partial charge is 0.277 e. The second kappa shape index (κ2) is 5.08. The van der Waals surface area contributed by atoms with Crippen LogP contribution in [0.15, 0.2) is 0 Å². The maximum atomic E-state index is 11.7. The van der Waals surface area contributed by atoms with E-state index in [4.69, 9.17) is 0 Å². The topological polar surface area (TPSA) is 66.5 Å². The van der Waals surface area contributed by atoms with Gasteiger partial charge < -0.3 is 0 Å². The van der Waals surface area contributed by atoms with Crippen molar-refractivity contribution in [3.05, 3.63) is 0 Å². The molecule has 1 saturated carbocycles. The maximum absolute atomic E-state index is 11.7. The Hall–Kier alpha value is -1.04. The highest BCUT2D eigenvalue weighted by Gasteiger charge is 2.39. The molecule has 0 aromatic carbocycles. The van der Waals surface area contributed by atoms with Gasteiger partial charge in [-0.05, 0) is 25.0 Å². The molecule has 1 heterocycles. The van der Waals surface area contributed by atoms with Gasteiger partial charge in [-0.3, -0.25) is 19.8 Å². The van der Waals surface area contributed by atoms with Crippen molar-refractivity contribution in [1.29, 1.82) is 0 Å². The van der Waals surface area contributed by atoms with Gasteiger partial charge >= 0.3 is 6.03 Å². The molecule has 1 aliphatic carbocycles. The first-order valence-corrected chi connectivity index (χ1v) is 6.94. The van der Waals surface area contributed by atoms with Crippen molar-refractivity contribution in [2.24, 2.45) is 0 Å². The summed E-state index contributed by atoms with van der Waals surface area (Å²) in [5.74, 6) is 0.204. The van der Waals surface area contributed by atoms with E-state index in [0.717, 1.165) is 25.0 Å². The van der Waals surface area contributed by atoms with Crippen molar-refractivity contribution in [2.75, 3.05) is 5.75 Å². The second-order valence-electron chi connectivity index (χ2n) is 4.34. The highest BCUT2D eigenvalue weighted by Crippen LogP contribution is 2.33. The molecule has 2 unspecified atom stereocenters. The number of urea groups is 1. The van der Waals surface area contributed by atoms with Gasteiger partial charge in [0.15, 0.2) is 0 Å². The van der Waals surface area contributed by atoms with Crippen LogP contribution in [-0.2, 0) is 9.59 Å². The molecular formula is C11H16N2O3S. The van der Waals surface area contributed by atoms with Gasteiger partial charge in [-0.15, -0.1) is 0 Å². The molecule has 1 N–H and O–H groups in total. The summed E-state index contributed by atoms with van der Waals surface area (Å²) in [6.45, 7) is 2.11. The minimum absolute atomic E-state index is 0.0281. The molecule has 2 rings (SSSR count). The molecule has 2 aliphatic rings. The zero-order chi connectivity index (χ0) is 12.4. The van der Waals surface area contributed by atoms with E-state index in [0.29, 0.717) is 5.25 Å². The van der Waals surface area contributed by atoms with E-state index >= 15 is 0 Å².